The highest BCUT2D eigenvalue weighted by Gasteiger charge is 2.23. The number of nitrogens with zero attached hydrogens (tertiary/aromatic N) is 1. The summed E-state index contributed by atoms with van der Waals surface area (Å²) in [6.07, 6.45) is 0. The van der Waals surface area contributed by atoms with Crippen LogP contribution in [0.5, 0.6) is 0 Å². The molecule has 0 aliphatic rings. The minimum Gasteiger partial charge on any atom is -0.207 e. The Morgan fingerprint density at radius 2 is 1.71 bits per heavy atom. The molecule has 0 saturated heterocycles. The van der Waals surface area contributed by atoms with Gasteiger partial charge in [0.05, 0.1) is 4.90 Å². The lowest BCUT2D eigenvalue weighted by Gasteiger charge is -2.19. The van der Waals surface area contributed by atoms with Gasteiger partial charge >= 0.3 is 0 Å². The summed E-state index contributed by atoms with van der Waals surface area (Å²) >= 11 is 6.78. The summed E-state index contributed by atoms with van der Waals surface area (Å²) in [5.41, 5.74) is 1.93. The molecular weight excluding hydrogens is 418 g/mol. The zero-order valence-corrected chi connectivity index (χ0v) is 15.7. The molecule has 2 aromatic carbocycles. The number of aryl methyl sites for hydroxylation is 1. The van der Waals surface area contributed by atoms with Crippen molar-refractivity contribution in [2.75, 3.05) is 7.05 Å². The minimum atomic E-state index is -3.54. The second-order valence-corrected chi connectivity index (χ2v) is 8.51. The Kier molecular flexibility index (Phi) is 5.24. The minimum absolute atomic E-state index is 0.280. The Bertz CT molecular complexity index is 760. The van der Waals surface area contributed by atoms with Gasteiger partial charge in [0.15, 0.2) is 0 Å². The van der Waals surface area contributed by atoms with Gasteiger partial charge in [-0.05, 0) is 52.2 Å². The summed E-state index contributed by atoms with van der Waals surface area (Å²) in [7, 11) is -1.95. The Balaban J connectivity index is 2.33. The predicted molar refractivity (Wildman–Crippen MR) is 91.7 cm³/mol. The van der Waals surface area contributed by atoms with Gasteiger partial charge in [-0.2, -0.15) is 4.31 Å². The van der Waals surface area contributed by atoms with E-state index < -0.39 is 10.0 Å². The molecule has 0 heterocycles. The van der Waals surface area contributed by atoms with Gasteiger partial charge in [0, 0.05) is 22.5 Å². The Labute approximate surface area is 142 Å². The van der Waals surface area contributed by atoms with Crippen molar-refractivity contribution in [1.82, 2.24) is 4.31 Å². The van der Waals surface area contributed by atoms with E-state index in [9.17, 15) is 8.42 Å². The van der Waals surface area contributed by atoms with Gasteiger partial charge in [-0.3, -0.25) is 0 Å². The van der Waals surface area contributed by atoms with Crippen molar-refractivity contribution < 1.29 is 8.42 Å². The Hall–Kier alpha value is -0.690. The van der Waals surface area contributed by atoms with Gasteiger partial charge in [0.25, 0.3) is 0 Å². The molecule has 0 bridgehead atoms. The fourth-order valence-electron chi connectivity index (χ4n) is 1.93. The van der Waals surface area contributed by atoms with E-state index in [1.165, 1.54) is 4.31 Å². The molecule has 0 atom stereocenters. The van der Waals surface area contributed by atoms with Crippen molar-refractivity contribution >= 4 is 41.9 Å². The SMILES string of the molecule is Cc1ccc(S(=O)(=O)N(C)Cc2ccccc2Br)c(Br)c1. The summed E-state index contributed by atoms with van der Waals surface area (Å²) in [6.45, 7) is 2.23. The van der Waals surface area contributed by atoms with E-state index in [4.69, 9.17) is 0 Å². The normalized spacial score (nSPS) is 11.9. The molecule has 0 aliphatic heterocycles. The lowest BCUT2D eigenvalue weighted by atomic mass is 10.2. The first kappa shape index (κ1) is 16.7. The summed E-state index contributed by atoms with van der Waals surface area (Å²) in [6, 6.07) is 12.8. The van der Waals surface area contributed by atoms with E-state index in [0.29, 0.717) is 11.0 Å². The maximum absolute atomic E-state index is 12.7. The maximum atomic E-state index is 12.7. The summed E-state index contributed by atoms with van der Waals surface area (Å²) in [5.74, 6) is 0. The van der Waals surface area contributed by atoms with Crippen LogP contribution >= 0.6 is 31.9 Å². The van der Waals surface area contributed by atoms with Crippen LogP contribution < -0.4 is 0 Å². The second-order valence-electron chi connectivity index (χ2n) is 4.79. The lowest BCUT2D eigenvalue weighted by Crippen LogP contribution is -2.27. The largest absolute Gasteiger partial charge is 0.244 e. The molecule has 0 aromatic heterocycles. The smallest absolute Gasteiger partial charge is 0.207 e. The van der Waals surface area contributed by atoms with Crippen LogP contribution in [0, 0.1) is 6.92 Å². The van der Waals surface area contributed by atoms with Gasteiger partial charge in [-0.1, -0.05) is 40.2 Å². The molecule has 3 nitrogen and oxygen atoms in total. The van der Waals surface area contributed by atoms with Gasteiger partial charge < -0.3 is 0 Å². The van der Waals surface area contributed by atoms with Crippen LogP contribution in [0.4, 0.5) is 0 Å². The first-order valence-corrected chi connectivity index (χ1v) is 9.31. The monoisotopic (exact) mass is 431 g/mol. The standard InChI is InChI=1S/C15H15Br2NO2S/c1-11-7-8-15(14(17)9-11)21(19,20)18(2)10-12-5-3-4-6-13(12)16/h3-9H,10H2,1-2H3. The van der Waals surface area contributed by atoms with E-state index in [-0.39, 0.29) is 4.90 Å². The van der Waals surface area contributed by atoms with Crippen LogP contribution in [0.15, 0.2) is 56.3 Å². The Morgan fingerprint density at radius 3 is 2.33 bits per heavy atom. The molecule has 112 valence electrons. The predicted octanol–water partition coefficient (Wildman–Crippen LogP) is 4.34. The number of halogens is 2. The van der Waals surface area contributed by atoms with Crippen molar-refractivity contribution in [2.24, 2.45) is 0 Å². The van der Waals surface area contributed by atoms with E-state index in [1.807, 2.05) is 31.2 Å². The van der Waals surface area contributed by atoms with Crippen molar-refractivity contribution in [1.29, 1.82) is 0 Å². The van der Waals surface area contributed by atoms with Gasteiger partial charge in [-0.25, -0.2) is 8.42 Å². The zero-order chi connectivity index (χ0) is 15.6. The van der Waals surface area contributed by atoms with E-state index in [0.717, 1.165) is 15.6 Å². The first-order valence-electron chi connectivity index (χ1n) is 6.28. The van der Waals surface area contributed by atoms with Crippen LogP contribution in [0.3, 0.4) is 0 Å². The quantitative estimate of drug-likeness (QED) is 0.720. The van der Waals surface area contributed by atoms with Gasteiger partial charge in [0.2, 0.25) is 10.0 Å². The van der Waals surface area contributed by atoms with Crippen molar-refractivity contribution in [3.05, 3.63) is 62.5 Å². The van der Waals surface area contributed by atoms with Crippen LogP contribution in [0.1, 0.15) is 11.1 Å². The van der Waals surface area contributed by atoms with Crippen LogP contribution in [0.2, 0.25) is 0 Å². The van der Waals surface area contributed by atoms with E-state index in [2.05, 4.69) is 31.9 Å². The van der Waals surface area contributed by atoms with Crippen LogP contribution in [-0.2, 0) is 16.6 Å². The molecule has 2 rings (SSSR count). The van der Waals surface area contributed by atoms with E-state index >= 15 is 0 Å². The number of sulfonamides is 1. The highest BCUT2D eigenvalue weighted by atomic mass is 79.9. The molecule has 0 unspecified atom stereocenters. The van der Waals surface area contributed by atoms with Crippen molar-refractivity contribution in [2.45, 2.75) is 18.4 Å². The molecule has 6 heteroatoms. The first-order chi connectivity index (χ1) is 9.82. The van der Waals surface area contributed by atoms with Gasteiger partial charge in [-0.15, -0.1) is 0 Å². The molecule has 0 saturated carbocycles. The highest BCUT2D eigenvalue weighted by molar-refractivity contribution is 9.10. The Morgan fingerprint density at radius 1 is 1.05 bits per heavy atom. The molecular formula is C15H15Br2NO2S. The molecule has 2 aromatic rings. The number of hydrogen-bond donors (Lipinski definition) is 0. The van der Waals surface area contributed by atoms with Crippen molar-refractivity contribution in [3.63, 3.8) is 0 Å². The molecule has 0 fully saturated rings. The second kappa shape index (κ2) is 6.60. The maximum Gasteiger partial charge on any atom is 0.244 e. The third kappa shape index (κ3) is 3.74. The summed E-state index contributed by atoms with van der Waals surface area (Å²) < 4.78 is 28.2. The van der Waals surface area contributed by atoms with Crippen molar-refractivity contribution in [3.8, 4) is 0 Å². The lowest BCUT2D eigenvalue weighted by molar-refractivity contribution is 0.465. The van der Waals surface area contributed by atoms with Gasteiger partial charge in [0.1, 0.15) is 0 Å². The van der Waals surface area contributed by atoms with Crippen LogP contribution in [0.25, 0.3) is 0 Å². The zero-order valence-electron chi connectivity index (χ0n) is 11.7. The number of benzene rings is 2. The molecule has 0 N–H and O–H groups in total. The number of hydrogen-bond acceptors (Lipinski definition) is 2. The van der Waals surface area contributed by atoms with Crippen LogP contribution in [-0.4, -0.2) is 19.8 Å². The molecule has 0 spiro atoms. The highest BCUT2D eigenvalue weighted by Crippen LogP contribution is 2.27. The average molecular weight is 433 g/mol. The number of rotatable bonds is 4. The molecule has 0 aliphatic carbocycles. The average Bonchev–Trinajstić information content (AvgIpc) is 2.40. The fraction of sp³-hybridized carbons (Fsp3) is 0.200. The third-order valence-electron chi connectivity index (χ3n) is 3.13. The molecule has 0 amide bonds. The molecule has 21 heavy (non-hydrogen) atoms. The molecule has 0 radical (unpaired) electrons. The fourth-order valence-corrected chi connectivity index (χ4v) is 4.64. The summed E-state index contributed by atoms with van der Waals surface area (Å²) in [4.78, 5) is 0.280. The third-order valence-corrected chi connectivity index (χ3v) is 6.68. The topological polar surface area (TPSA) is 37.4 Å². The summed E-state index contributed by atoms with van der Waals surface area (Å²) in [5, 5.41) is 0. The van der Waals surface area contributed by atoms with E-state index in [1.54, 1.807) is 25.2 Å².